The Balaban J connectivity index is 2.40. The first-order valence-corrected chi connectivity index (χ1v) is 5.98. The van der Waals surface area contributed by atoms with Crippen molar-refractivity contribution in [1.29, 1.82) is 0 Å². The molecule has 18 heavy (non-hydrogen) atoms. The minimum Gasteiger partial charge on any atom is -0.383 e. The molecule has 0 bridgehead atoms. The Morgan fingerprint density at radius 3 is 2.78 bits per heavy atom. The summed E-state index contributed by atoms with van der Waals surface area (Å²) < 4.78 is 9.96. The number of hydrogen-bond acceptors (Lipinski definition) is 5. The molecule has 1 unspecified atom stereocenters. The number of nitrogens with one attached hydrogen (secondary N) is 2. The van der Waals surface area contributed by atoms with E-state index in [2.05, 4.69) is 15.8 Å². The molecule has 102 valence electrons. The van der Waals surface area contributed by atoms with Crippen LogP contribution in [0.25, 0.3) is 0 Å². The highest BCUT2D eigenvalue weighted by Gasteiger charge is 2.17. The molecule has 1 rings (SSSR count). The first-order chi connectivity index (χ1) is 8.56. The lowest BCUT2D eigenvalue weighted by molar-refractivity contribution is -0.120. The third-order valence-corrected chi connectivity index (χ3v) is 2.67. The molecule has 1 amide bonds. The highest BCUT2D eigenvalue weighted by Crippen LogP contribution is 2.20. The standard InChI is InChI=1S/C12H21N3O3/c1-8(12-9(2)15-18-10(12)3)14-11(16)7-13-5-6-17-4/h8,13H,5-7H2,1-4H3,(H,14,16). The maximum absolute atomic E-state index is 11.7. The van der Waals surface area contributed by atoms with Crippen LogP contribution in [-0.4, -0.2) is 37.9 Å². The summed E-state index contributed by atoms with van der Waals surface area (Å²) in [7, 11) is 1.63. The van der Waals surface area contributed by atoms with Crippen LogP contribution in [0.4, 0.5) is 0 Å². The Hall–Kier alpha value is -1.40. The van der Waals surface area contributed by atoms with Crippen LogP contribution in [0.1, 0.15) is 30.0 Å². The summed E-state index contributed by atoms with van der Waals surface area (Å²) in [4.78, 5) is 11.7. The van der Waals surface area contributed by atoms with Gasteiger partial charge in [0.05, 0.1) is 24.9 Å². The molecular formula is C12H21N3O3. The Morgan fingerprint density at radius 2 is 2.22 bits per heavy atom. The predicted octanol–water partition coefficient (Wildman–Crippen LogP) is 0.705. The van der Waals surface area contributed by atoms with Gasteiger partial charge in [-0.25, -0.2) is 0 Å². The Bertz CT molecular complexity index is 370. The average molecular weight is 255 g/mol. The monoisotopic (exact) mass is 255 g/mol. The van der Waals surface area contributed by atoms with Gasteiger partial charge in [-0.2, -0.15) is 0 Å². The Labute approximate surface area is 107 Å². The van der Waals surface area contributed by atoms with Gasteiger partial charge in [-0.05, 0) is 20.8 Å². The molecule has 0 aliphatic carbocycles. The van der Waals surface area contributed by atoms with Gasteiger partial charge in [0, 0.05) is 19.2 Å². The minimum atomic E-state index is -0.104. The molecule has 0 aliphatic rings. The quantitative estimate of drug-likeness (QED) is 0.702. The van der Waals surface area contributed by atoms with Crippen molar-refractivity contribution >= 4 is 5.91 Å². The Kier molecular flexibility index (Phi) is 5.80. The number of rotatable bonds is 7. The summed E-state index contributed by atoms with van der Waals surface area (Å²) in [5, 5.41) is 9.76. The van der Waals surface area contributed by atoms with E-state index < -0.39 is 0 Å². The second-order valence-electron chi connectivity index (χ2n) is 4.20. The maximum atomic E-state index is 11.7. The van der Waals surface area contributed by atoms with Crippen molar-refractivity contribution in [3.63, 3.8) is 0 Å². The van der Waals surface area contributed by atoms with Crippen molar-refractivity contribution in [3.8, 4) is 0 Å². The summed E-state index contributed by atoms with van der Waals surface area (Å²) in [6.07, 6.45) is 0. The fourth-order valence-corrected chi connectivity index (χ4v) is 1.85. The van der Waals surface area contributed by atoms with Gasteiger partial charge in [0.2, 0.25) is 5.91 Å². The maximum Gasteiger partial charge on any atom is 0.234 e. The fourth-order valence-electron chi connectivity index (χ4n) is 1.85. The minimum absolute atomic E-state index is 0.0568. The van der Waals surface area contributed by atoms with Gasteiger partial charge in [0.1, 0.15) is 5.76 Å². The molecule has 6 heteroatoms. The van der Waals surface area contributed by atoms with Crippen LogP contribution in [0.2, 0.25) is 0 Å². The van der Waals surface area contributed by atoms with E-state index in [9.17, 15) is 4.79 Å². The molecule has 1 atom stereocenters. The molecule has 6 nitrogen and oxygen atoms in total. The molecule has 2 N–H and O–H groups in total. The number of methoxy groups -OCH3 is 1. The van der Waals surface area contributed by atoms with Crippen LogP contribution in [0.15, 0.2) is 4.52 Å². The van der Waals surface area contributed by atoms with Crippen LogP contribution in [0.3, 0.4) is 0 Å². The molecule has 0 radical (unpaired) electrons. The van der Waals surface area contributed by atoms with Gasteiger partial charge < -0.3 is 19.9 Å². The summed E-state index contributed by atoms with van der Waals surface area (Å²) >= 11 is 0. The fraction of sp³-hybridized carbons (Fsp3) is 0.667. The first kappa shape index (κ1) is 14.7. The zero-order valence-corrected chi connectivity index (χ0v) is 11.4. The predicted molar refractivity (Wildman–Crippen MR) is 67.3 cm³/mol. The van der Waals surface area contributed by atoms with Gasteiger partial charge in [-0.1, -0.05) is 5.16 Å². The van der Waals surface area contributed by atoms with Crippen molar-refractivity contribution in [2.45, 2.75) is 26.8 Å². The smallest absolute Gasteiger partial charge is 0.234 e. The number of aromatic nitrogens is 1. The number of aryl methyl sites for hydroxylation is 2. The van der Waals surface area contributed by atoms with Gasteiger partial charge in [-0.3, -0.25) is 4.79 Å². The van der Waals surface area contributed by atoms with Crippen molar-refractivity contribution in [3.05, 3.63) is 17.0 Å². The zero-order chi connectivity index (χ0) is 13.5. The van der Waals surface area contributed by atoms with E-state index >= 15 is 0 Å². The summed E-state index contributed by atoms with van der Waals surface area (Å²) in [5.41, 5.74) is 1.76. The molecule has 0 aliphatic heterocycles. The van der Waals surface area contributed by atoms with Crippen molar-refractivity contribution in [1.82, 2.24) is 15.8 Å². The molecule has 1 aromatic heterocycles. The van der Waals surface area contributed by atoms with Crippen LogP contribution in [0, 0.1) is 13.8 Å². The zero-order valence-electron chi connectivity index (χ0n) is 11.4. The summed E-state index contributed by atoms with van der Waals surface area (Å²) in [6, 6.07) is -0.104. The average Bonchev–Trinajstić information content (AvgIpc) is 2.64. The highest BCUT2D eigenvalue weighted by molar-refractivity contribution is 5.78. The molecule has 0 saturated heterocycles. The number of amides is 1. The third kappa shape index (κ3) is 4.12. The van der Waals surface area contributed by atoms with Crippen molar-refractivity contribution < 1.29 is 14.1 Å². The molecule has 1 heterocycles. The highest BCUT2D eigenvalue weighted by atomic mass is 16.5. The van der Waals surface area contributed by atoms with Crippen LogP contribution in [0.5, 0.6) is 0 Å². The number of hydrogen-bond donors (Lipinski definition) is 2. The number of nitrogens with zero attached hydrogens (tertiary/aromatic N) is 1. The molecule has 0 aromatic carbocycles. The lowest BCUT2D eigenvalue weighted by atomic mass is 10.1. The molecular weight excluding hydrogens is 234 g/mol. The van der Waals surface area contributed by atoms with Gasteiger partial charge in [0.25, 0.3) is 0 Å². The SMILES string of the molecule is COCCNCC(=O)NC(C)c1c(C)noc1C. The summed E-state index contributed by atoms with van der Waals surface area (Å²) in [6.45, 7) is 7.15. The van der Waals surface area contributed by atoms with Crippen LogP contribution < -0.4 is 10.6 Å². The first-order valence-electron chi connectivity index (χ1n) is 5.98. The normalized spacial score (nSPS) is 12.4. The van der Waals surface area contributed by atoms with E-state index in [1.54, 1.807) is 7.11 Å². The number of ether oxygens (including phenoxy) is 1. The van der Waals surface area contributed by atoms with Gasteiger partial charge in [-0.15, -0.1) is 0 Å². The van der Waals surface area contributed by atoms with E-state index in [0.29, 0.717) is 13.2 Å². The van der Waals surface area contributed by atoms with E-state index in [4.69, 9.17) is 9.26 Å². The lowest BCUT2D eigenvalue weighted by Gasteiger charge is -2.14. The second-order valence-corrected chi connectivity index (χ2v) is 4.20. The molecule has 0 spiro atoms. The lowest BCUT2D eigenvalue weighted by Crippen LogP contribution is -2.36. The van der Waals surface area contributed by atoms with Crippen LogP contribution >= 0.6 is 0 Å². The van der Waals surface area contributed by atoms with E-state index in [0.717, 1.165) is 17.0 Å². The molecule has 1 aromatic rings. The number of carbonyl (C=O) groups is 1. The van der Waals surface area contributed by atoms with Crippen molar-refractivity contribution in [2.75, 3.05) is 26.8 Å². The largest absolute Gasteiger partial charge is 0.383 e. The van der Waals surface area contributed by atoms with E-state index in [-0.39, 0.29) is 18.5 Å². The van der Waals surface area contributed by atoms with Gasteiger partial charge in [0.15, 0.2) is 0 Å². The van der Waals surface area contributed by atoms with Gasteiger partial charge >= 0.3 is 0 Å². The molecule has 0 saturated carbocycles. The van der Waals surface area contributed by atoms with Crippen molar-refractivity contribution in [2.24, 2.45) is 0 Å². The molecule has 0 fully saturated rings. The second kappa shape index (κ2) is 7.13. The number of carbonyl (C=O) groups excluding carboxylic acids is 1. The topological polar surface area (TPSA) is 76.4 Å². The van der Waals surface area contributed by atoms with E-state index in [1.165, 1.54) is 0 Å². The summed E-state index contributed by atoms with van der Waals surface area (Å²) in [5.74, 6) is 0.686. The Morgan fingerprint density at radius 1 is 1.50 bits per heavy atom. The van der Waals surface area contributed by atoms with E-state index in [1.807, 2.05) is 20.8 Å². The third-order valence-electron chi connectivity index (χ3n) is 2.67. The van der Waals surface area contributed by atoms with Crippen LogP contribution in [-0.2, 0) is 9.53 Å².